The summed E-state index contributed by atoms with van der Waals surface area (Å²) in [6, 6.07) is 11.9. The third-order valence-corrected chi connectivity index (χ3v) is 4.57. The molecule has 2 aromatic carbocycles. The lowest BCUT2D eigenvalue weighted by Gasteiger charge is -2.03. The van der Waals surface area contributed by atoms with Gasteiger partial charge in [-0.05, 0) is 71.6 Å². The van der Waals surface area contributed by atoms with Crippen molar-refractivity contribution in [1.82, 2.24) is 9.97 Å². The Morgan fingerprint density at radius 3 is 2.90 bits per heavy atom. The summed E-state index contributed by atoms with van der Waals surface area (Å²) < 4.78 is 6.62. The standard InChI is InChI=1S/C15H14IN3OS/c1-2-20-10-4-5-12-13(8-10)19-15(18-12)21-14-6-3-9(16)7-11(14)17/h3-8H,2,17H2,1H3,(H,18,19). The molecule has 3 rings (SSSR count). The first kappa shape index (κ1) is 14.5. The van der Waals surface area contributed by atoms with Gasteiger partial charge in [-0.25, -0.2) is 4.98 Å². The van der Waals surface area contributed by atoms with Gasteiger partial charge in [-0.15, -0.1) is 0 Å². The number of nitrogens with zero attached hydrogens (tertiary/aromatic N) is 1. The van der Waals surface area contributed by atoms with E-state index in [0.717, 1.165) is 36.1 Å². The van der Waals surface area contributed by atoms with Crippen LogP contribution in [-0.4, -0.2) is 16.6 Å². The van der Waals surface area contributed by atoms with Crippen LogP contribution >= 0.6 is 34.4 Å². The maximum absolute atomic E-state index is 6.04. The van der Waals surface area contributed by atoms with Crippen LogP contribution in [0, 0.1) is 3.57 Å². The molecule has 0 unspecified atom stereocenters. The molecule has 108 valence electrons. The molecule has 0 aliphatic carbocycles. The molecule has 1 heterocycles. The Labute approximate surface area is 140 Å². The number of fused-ring (bicyclic) bond motifs is 1. The lowest BCUT2D eigenvalue weighted by Crippen LogP contribution is -1.90. The topological polar surface area (TPSA) is 63.9 Å². The molecule has 1 aromatic heterocycles. The van der Waals surface area contributed by atoms with Crippen molar-refractivity contribution in [2.45, 2.75) is 17.0 Å². The number of ether oxygens (including phenoxy) is 1. The number of rotatable bonds is 4. The van der Waals surface area contributed by atoms with Crippen LogP contribution in [-0.2, 0) is 0 Å². The third-order valence-electron chi connectivity index (χ3n) is 2.92. The Morgan fingerprint density at radius 1 is 1.29 bits per heavy atom. The molecule has 0 atom stereocenters. The lowest BCUT2D eigenvalue weighted by atomic mass is 10.3. The van der Waals surface area contributed by atoms with Gasteiger partial charge in [0, 0.05) is 20.2 Å². The molecule has 0 aliphatic heterocycles. The molecule has 3 N–H and O–H groups in total. The molecule has 21 heavy (non-hydrogen) atoms. The molecule has 3 aromatic rings. The number of hydrogen-bond acceptors (Lipinski definition) is 4. The van der Waals surface area contributed by atoms with E-state index in [-0.39, 0.29) is 0 Å². The summed E-state index contributed by atoms with van der Waals surface area (Å²) in [6.45, 7) is 2.62. The Hall–Kier alpha value is -1.41. The van der Waals surface area contributed by atoms with E-state index < -0.39 is 0 Å². The van der Waals surface area contributed by atoms with E-state index in [4.69, 9.17) is 10.5 Å². The predicted molar refractivity (Wildman–Crippen MR) is 95.0 cm³/mol. The lowest BCUT2D eigenvalue weighted by molar-refractivity contribution is 0.340. The summed E-state index contributed by atoms with van der Waals surface area (Å²) in [6.07, 6.45) is 0. The number of aromatic nitrogens is 2. The number of nitrogens with one attached hydrogen (secondary N) is 1. The monoisotopic (exact) mass is 411 g/mol. The fourth-order valence-corrected chi connectivity index (χ4v) is 3.33. The Bertz CT molecular complexity index is 788. The molecule has 6 heteroatoms. The minimum atomic E-state index is 0.653. The second kappa shape index (κ2) is 6.15. The largest absolute Gasteiger partial charge is 0.494 e. The van der Waals surface area contributed by atoms with Crippen LogP contribution in [0.2, 0.25) is 0 Å². The summed E-state index contributed by atoms with van der Waals surface area (Å²) >= 11 is 3.78. The van der Waals surface area contributed by atoms with E-state index in [2.05, 4.69) is 32.6 Å². The van der Waals surface area contributed by atoms with Gasteiger partial charge in [0.2, 0.25) is 0 Å². The third kappa shape index (κ3) is 3.26. The van der Waals surface area contributed by atoms with Crippen LogP contribution in [0.1, 0.15) is 6.92 Å². The van der Waals surface area contributed by atoms with Gasteiger partial charge in [-0.2, -0.15) is 0 Å². The van der Waals surface area contributed by atoms with E-state index in [9.17, 15) is 0 Å². The fourth-order valence-electron chi connectivity index (χ4n) is 1.99. The quantitative estimate of drug-likeness (QED) is 0.497. The van der Waals surface area contributed by atoms with Gasteiger partial charge in [0.25, 0.3) is 0 Å². The normalized spacial score (nSPS) is 11.0. The van der Waals surface area contributed by atoms with Gasteiger partial charge in [-0.3, -0.25) is 0 Å². The smallest absolute Gasteiger partial charge is 0.171 e. The zero-order valence-corrected chi connectivity index (χ0v) is 14.4. The number of H-pyrrole nitrogens is 1. The highest BCUT2D eigenvalue weighted by molar-refractivity contribution is 14.1. The zero-order valence-electron chi connectivity index (χ0n) is 11.4. The van der Waals surface area contributed by atoms with Crippen molar-refractivity contribution in [3.05, 3.63) is 40.0 Å². The van der Waals surface area contributed by atoms with Gasteiger partial charge in [0.05, 0.1) is 17.6 Å². The molecule has 0 amide bonds. The number of hydrogen-bond donors (Lipinski definition) is 2. The van der Waals surface area contributed by atoms with Crippen LogP contribution < -0.4 is 10.5 Å². The first-order valence-corrected chi connectivity index (χ1v) is 8.40. The van der Waals surface area contributed by atoms with Crippen LogP contribution in [0.3, 0.4) is 0 Å². The van der Waals surface area contributed by atoms with Gasteiger partial charge in [-0.1, -0.05) is 0 Å². The molecule has 0 saturated carbocycles. The van der Waals surface area contributed by atoms with Crippen molar-refractivity contribution in [2.24, 2.45) is 0 Å². The number of imidazole rings is 1. The average Bonchev–Trinajstić information content (AvgIpc) is 2.84. The predicted octanol–water partition coefficient (Wildman–Crippen LogP) is 4.30. The maximum atomic E-state index is 6.04. The average molecular weight is 411 g/mol. The van der Waals surface area contributed by atoms with Gasteiger partial charge in [0.1, 0.15) is 5.75 Å². The van der Waals surface area contributed by atoms with Crippen LogP contribution in [0.5, 0.6) is 5.75 Å². The first-order chi connectivity index (χ1) is 10.2. The van der Waals surface area contributed by atoms with Crippen molar-refractivity contribution < 1.29 is 4.74 Å². The SMILES string of the molecule is CCOc1ccc2nc(Sc3ccc(I)cc3N)[nH]c2c1. The Morgan fingerprint density at radius 2 is 2.14 bits per heavy atom. The van der Waals surface area contributed by atoms with Crippen molar-refractivity contribution in [3.63, 3.8) is 0 Å². The molecular weight excluding hydrogens is 397 g/mol. The molecule has 0 spiro atoms. The summed E-state index contributed by atoms with van der Waals surface area (Å²) in [4.78, 5) is 8.87. The van der Waals surface area contributed by atoms with E-state index in [0.29, 0.717) is 6.61 Å². The minimum Gasteiger partial charge on any atom is -0.494 e. The number of aromatic amines is 1. The Balaban J connectivity index is 1.90. The zero-order chi connectivity index (χ0) is 14.8. The van der Waals surface area contributed by atoms with Crippen LogP contribution in [0.4, 0.5) is 5.69 Å². The highest BCUT2D eigenvalue weighted by atomic mass is 127. The van der Waals surface area contributed by atoms with Gasteiger partial charge in [0.15, 0.2) is 5.16 Å². The summed E-state index contributed by atoms with van der Waals surface area (Å²) in [7, 11) is 0. The molecule has 0 aliphatic rings. The number of nitrogens with two attached hydrogens (primary N) is 1. The first-order valence-electron chi connectivity index (χ1n) is 6.51. The van der Waals surface area contributed by atoms with Crippen LogP contribution in [0.25, 0.3) is 11.0 Å². The van der Waals surface area contributed by atoms with Gasteiger partial charge < -0.3 is 15.5 Å². The molecule has 4 nitrogen and oxygen atoms in total. The van der Waals surface area contributed by atoms with E-state index >= 15 is 0 Å². The van der Waals surface area contributed by atoms with Crippen molar-refractivity contribution in [2.75, 3.05) is 12.3 Å². The highest BCUT2D eigenvalue weighted by Gasteiger charge is 2.08. The second-order valence-electron chi connectivity index (χ2n) is 4.44. The molecule has 0 bridgehead atoms. The van der Waals surface area contributed by atoms with Crippen molar-refractivity contribution in [1.29, 1.82) is 0 Å². The highest BCUT2D eigenvalue weighted by Crippen LogP contribution is 2.32. The summed E-state index contributed by atoms with van der Waals surface area (Å²) in [5.74, 6) is 0.846. The molecule has 0 radical (unpaired) electrons. The maximum Gasteiger partial charge on any atom is 0.171 e. The number of benzene rings is 2. The fraction of sp³-hybridized carbons (Fsp3) is 0.133. The van der Waals surface area contributed by atoms with E-state index in [1.807, 2.05) is 43.3 Å². The minimum absolute atomic E-state index is 0.653. The van der Waals surface area contributed by atoms with Crippen molar-refractivity contribution >= 4 is 51.1 Å². The summed E-state index contributed by atoms with van der Waals surface area (Å²) in [5.41, 5.74) is 8.69. The Kier molecular flexibility index (Phi) is 4.25. The van der Waals surface area contributed by atoms with E-state index in [1.165, 1.54) is 11.8 Å². The van der Waals surface area contributed by atoms with Crippen molar-refractivity contribution in [3.8, 4) is 5.75 Å². The number of halogens is 1. The number of nitrogen functional groups attached to an aromatic ring is 1. The molecular formula is C15H14IN3OS. The van der Waals surface area contributed by atoms with E-state index in [1.54, 1.807) is 0 Å². The molecule has 0 saturated heterocycles. The molecule has 0 fully saturated rings. The second-order valence-corrected chi connectivity index (χ2v) is 6.71. The van der Waals surface area contributed by atoms with Gasteiger partial charge >= 0.3 is 0 Å². The van der Waals surface area contributed by atoms with Crippen LogP contribution in [0.15, 0.2) is 46.5 Å². The number of anilines is 1. The summed E-state index contributed by atoms with van der Waals surface area (Å²) in [5, 5.41) is 0.826.